The Hall–Kier alpha value is -2.28. The zero-order chi connectivity index (χ0) is 13.0. The summed E-state index contributed by atoms with van der Waals surface area (Å²) in [4.78, 5) is 13.9. The molecule has 0 fully saturated rings. The van der Waals surface area contributed by atoms with Crippen LogP contribution in [0.15, 0.2) is 34.9 Å². The third kappa shape index (κ3) is 2.21. The summed E-state index contributed by atoms with van der Waals surface area (Å²) < 4.78 is 5.35. The van der Waals surface area contributed by atoms with Crippen molar-refractivity contribution in [3.05, 3.63) is 36.1 Å². The second-order valence-corrected chi connectivity index (χ2v) is 4.03. The van der Waals surface area contributed by atoms with Crippen LogP contribution < -0.4 is 0 Å². The highest BCUT2D eigenvalue weighted by Gasteiger charge is 2.19. The minimum atomic E-state index is -0.150. The lowest BCUT2D eigenvalue weighted by Crippen LogP contribution is -2.31. The van der Waals surface area contributed by atoms with Crippen molar-refractivity contribution >= 4 is 16.9 Å². The highest BCUT2D eigenvalue weighted by Crippen LogP contribution is 2.22. The maximum Gasteiger partial charge on any atom is 0.258 e. The van der Waals surface area contributed by atoms with Gasteiger partial charge in [0, 0.05) is 11.9 Å². The van der Waals surface area contributed by atoms with Gasteiger partial charge in [0.2, 0.25) is 0 Å². The average Bonchev–Trinajstić information content (AvgIpc) is 2.81. The molecular weight excluding hydrogens is 228 g/mol. The zero-order valence-corrected chi connectivity index (χ0v) is 10.2. The Morgan fingerprint density at radius 2 is 2.22 bits per heavy atom. The van der Waals surface area contributed by atoms with Crippen molar-refractivity contribution in [3.8, 4) is 6.07 Å². The highest BCUT2D eigenvalue weighted by atomic mass is 16.3. The summed E-state index contributed by atoms with van der Waals surface area (Å²) in [5.41, 5.74) is 1.21. The molecule has 0 aliphatic carbocycles. The average molecular weight is 242 g/mol. The molecule has 1 amide bonds. The summed E-state index contributed by atoms with van der Waals surface area (Å²) >= 11 is 0. The molecule has 0 aliphatic heterocycles. The summed E-state index contributed by atoms with van der Waals surface area (Å²) in [5.74, 6) is -0.150. The fourth-order valence-corrected chi connectivity index (χ4v) is 1.92. The van der Waals surface area contributed by atoms with E-state index >= 15 is 0 Å². The van der Waals surface area contributed by atoms with E-state index in [0.29, 0.717) is 17.7 Å². The summed E-state index contributed by atoms with van der Waals surface area (Å²) in [6.45, 7) is 2.66. The molecule has 18 heavy (non-hydrogen) atoms. The Labute approximate surface area is 105 Å². The van der Waals surface area contributed by atoms with Gasteiger partial charge in [0.05, 0.1) is 11.6 Å². The van der Waals surface area contributed by atoms with Crippen molar-refractivity contribution in [1.29, 1.82) is 5.26 Å². The van der Waals surface area contributed by atoms with Crippen LogP contribution in [0.4, 0.5) is 0 Å². The lowest BCUT2D eigenvalue weighted by atomic mass is 10.1. The van der Waals surface area contributed by atoms with Crippen LogP contribution in [-0.2, 0) is 0 Å². The molecule has 0 saturated carbocycles. The predicted molar refractivity (Wildman–Crippen MR) is 68.0 cm³/mol. The Kier molecular flexibility index (Phi) is 3.63. The minimum absolute atomic E-state index is 0.103. The minimum Gasteiger partial charge on any atom is -0.463 e. The molecule has 1 aromatic carbocycles. The van der Waals surface area contributed by atoms with Gasteiger partial charge in [0.1, 0.15) is 18.4 Å². The van der Waals surface area contributed by atoms with Crippen molar-refractivity contribution in [2.45, 2.75) is 13.3 Å². The van der Waals surface area contributed by atoms with E-state index in [4.69, 9.17) is 9.68 Å². The number of amides is 1. The van der Waals surface area contributed by atoms with Crippen molar-refractivity contribution in [2.75, 3.05) is 13.1 Å². The number of fused-ring (bicyclic) bond motifs is 1. The normalized spacial score (nSPS) is 10.2. The van der Waals surface area contributed by atoms with Crippen LogP contribution in [0, 0.1) is 11.3 Å². The summed E-state index contributed by atoms with van der Waals surface area (Å²) in [6.07, 6.45) is 2.29. The molecule has 0 radical (unpaired) electrons. The maximum atomic E-state index is 12.3. The lowest BCUT2D eigenvalue weighted by Gasteiger charge is -2.17. The number of carbonyl (C=O) groups excluding carboxylic acids is 1. The Morgan fingerprint density at radius 3 is 2.94 bits per heavy atom. The second kappa shape index (κ2) is 5.37. The number of furan rings is 1. The summed E-state index contributed by atoms with van der Waals surface area (Å²) in [5, 5.41) is 9.55. The monoisotopic (exact) mass is 242 g/mol. The maximum absolute atomic E-state index is 12.3. The van der Waals surface area contributed by atoms with Crippen LogP contribution in [0.5, 0.6) is 0 Å². The molecule has 2 aromatic rings. The molecule has 0 saturated heterocycles. The van der Waals surface area contributed by atoms with Gasteiger partial charge in [-0.3, -0.25) is 4.79 Å². The van der Waals surface area contributed by atoms with E-state index < -0.39 is 0 Å². The molecule has 0 N–H and O–H groups in total. The molecule has 0 spiro atoms. The third-order valence-corrected chi connectivity index (χ3v) is 2.75. The number of carbonyl (C=O) groups is 1. The SMILES string of the molecule is CCCN(CC#N)C(=O)c1coc2ccccc12. The molecule has 4 heteroatoms. The first-order valence-electron chi connectivity index (χ1n) is 5.90. The first-order chi connectivity index (χ1) is 8.77. The van der Waals surface area contributed by atoms with Gasteiger partial charge in [-0.15, -0.1) is 0 Å². The Balaban J connectivity index is 2.35. The number of nitriles is 1. The van der Waals surface area contributed by atoms with E-state index in [2.05, 4.69) is 0 Å². The van der Waals surface area contributed by atoms with Gasteiger partial charge in [-0.25, -0.2) is 0 Å². The first-order valence-corrected chi connectivity index (χ1v) is 5.90. The molecule has 0 aliphatic rings. The molecule has 0 atom stereocenters. The smallest absolute Gasteiger partial charge is 0.258 e. The molecule has 2 rings (SSSR count). The molecule has 0 unspecified atom stereocenters. The van der Waals surface area contributed by atoms with Crippen molar-refractivity contribution in [2.24, 2.45) is 0 Å². The number of benzene rings is 1. The largest absolute Gasteiger partial charge is 0.463 e. The Bertz CT molecular complexity index is 595. The van der Waals surface area contributed by atoms with E-state index in [1.54, 1.807) is 0 Å². The summed E-state index contributed by atoms with van der Waals surface area (Å²) in [6, 6.07) is 9.41. The number of para-hydroxylation sites is 1. The third-order valence-electron chi connectivity index (χ3n) is 2.75. The fourth-order valence-electron chi connectivity index (χ4n) is 1.92. The van der Waals surface area contributed by atoms with E-state index in [1.807, 2.05) is 37.3 Å². The van der Waals surface area contributed by atoms with E-state index in [9.17, 15) is 4.79 Å². The van der Waals surface area contributed by atoms with Gasteiger partial charge in [-0.2, -0.15) is 5.26 Å². The zero-order valence-electron chi connectivity index (χ0n) is 10.2. The van der Waals surface area contributed by atoms with Crippen LogP contribution in [0.2, 0.25) is 0 Å². The second-order valence-electron chi connectivity index (χ2n) is 4.03. The molecule has 1 heterocycles. The number of rotatable bonds is 4. The number of hydrogen-bond donors (Lipinski definition) is 0. The topological polar surface area (TPSA) is 57.2 Å². The van der Waals surface area contributed by atoms with Crippen LogP contribution >= 0.6 is 0 Å². The van der Waals surface area contributed by atoms with Gasteiger partial charge in [0.15, 0.2) is 0 Å². The predicted octanol–water partition coefficient (Wildman–Crippen LogP) is 2.81. The van der Waals surface area contributed by atoms with E-state index in [-0.39, 0.29) is 12.5 Å². The van der Waals surface area contributed by atoms with Gasteiger partial charge < -0.3 is 9.32 Å². The van der Waals surface area contributed by atoms with Gasteiger partial charge in [-0.05, 0) is 12.5 Å². The van der Waals surface area contributed by atoms with Crippen LogP contribution in [0.25, 0.3) is 11.0 Å². The van der Waals surface area contributed by atoms with E-state index in [0.717, 1.165) is 11.8 Å². The van der Waals surface area contributed by atoms with E-state index in [1.165, 1.54) is 11.2 Å². The first kappa shape index (κ1) is 12.2. The fraction of sp³-hybridized carbons (Fsp3) is 0.286. The van der Waals surface area contributed by atoms with Crippen LogP contribution in [-0.4, -0.2) is 23.9 Å². The number of hydrogen-bond acceptors (Lipinski definition) is 3. The molecule has 92 valence electrons. The molecule has 0 bridgehead atoms. The van der Waals surface area contributed by atoms with Crippen LogP contribution in [0.3, 0.4) is 0 Å². The van der Waals surface area contributed by atoms with Gasteiger partial charge in [-0.1, -0.05) is 25.1 Å². The highest BCUT2D eigenvalue weighted by molar-refractivity contribution is 6.05. The van der Waals surface area contributed by atoms with Crippen molar-refractivity contribution in [3.63, 3.8) is 0 Å². The van der Waals surface area contributed by atoms with Gasteiger partial charge in [0.25, 0.3) is 5.91 Å². The van der Waals surface area contributed by atoms with Crippen LogP contribution in [0.1, 0.15) is 23.7 Å². The molecule has 4 nitrogen and oxygen atoms in total. The number of nitrogens with zero attached hydrogens (tertiary/aromatic N) is 2. The summed E-state index contributed by atoms with van der Waals surface area (Å²) in [7, 11) is 0. The quantitative estimate of drug-likeness (QED) is 0.774. The molecule has 1 aromatic heterocycles. The standard InChI is InChI=1S/C14H14N2O2/c1-2-8-16(9-7-15)14(17)12-10-18-13-6-4-3-5-11(12)13/h3-6,10H,2,8-9H2,1H3. The van der Waals surface area contributed by atoms with Crippen molar-refractivity contribution < 1.29 is 9.21 Å². The molecular formula is C14H14N2O2. The van der Waals surface area contributed by atoms with Gasteiger partial charge >= 0.3 is 0 Å². The van der Waals surface area contributed by atoms with Crippen molar-refractivity contribution in [1.82, 2.24) is 4.90 Å². The lowest BCUT2D eigenvalue weighted by molar-refractivity contribution is 0.0777. The Morgan fingerprint density at radius 1 is 1.44 bits per heavy atom.